The fraction of sp³-hybridized carbons (Fsp3) is 0.310. The van der Waals surface area contributed by atoms with E-state index in [1.54, 1.807) is 48.5 Å². The monoisotopic (exact) mass is 592 g/mol. The Bertz CT molecular complexity index is 1510. The number of alkyl halides is 4. The number of ether oxygens (including phenoxy) is 1. The van der Waals surface area contributed by atoms with Crippen molar-refractivity contribution in [2.75, 3.05) is 6.61 Å². The zero-order chi connectivity index (χ0) is 29.9. The van der Waals surface area contributed by atoms with Crippen molar-refractivity contribution in [3.63, 3.8) is 0 Å². The first-order valence-corrected chi connectivity index (χ1v) is 14.1. The van der Waals surface area contributed by atoms with Crippen LogP contribution >= 0.6 is 0 Å². The topological polar surface area (TPSA) is 96.8 Å². The van der Waals surface area contributed by atoms with E-state index >= 15 is 0 Å². The van der Waals surface area contributed by atoms with Crippen LogP contribution in [0.25, 0.3) is 11.1 Å². The van der Waals surface area contributed by atoms with Gasteiger partial charge in [-0.3, -0.25) is 10.3 Å². The highest BCUT2D eigenvalue weighted by Gasteiger charge is 2.48. The van der Waals surface area contributed by atoms with Crippen LogP contribution in [0.4, 0.5) is 22.4 Å². The zero-order valence-electron chi connectivity index (χ0n) is 22.2. The van der Waals surface area contributed by atoms with Gasteiger partial charge < -0.3 is 8.92 Å². The number of nitrogens with one attached hydrogen (secondary N) is 1. The maximum absolute atomic E-state index is 13.2. The molecule has 218 valence electrons. The molecule has 1 amide bonds. The number of hydrogen-bond acceptors (Lipinski definition) is 6. The minimum Gasteiger partial charge on any atom is -0.447 e. The van der Waals surface area contributed by atoms with Crippen LogP contribution < -0.4 is 4.18 Å². The number of halogens is 4. The van der Waals surface area contributed by atoms with Gasteiger partial charge >= 0.3 is 21.7 Å². The van der Waals surface area contributed by atoms with Gasteiger partial charge in [0, 0.05) is 5.92 Å². The molecule has 0 bridgehead atoms. The number of carbonyl (C=O) groups is 1. The zero-order valence-corrected chi connectivity index (χ0v) is 23.0. The molecule has 7 nitrogen and oxygen atoms in total. The Morgan fingerprint density at radius 1 is 1.05 bits per heavy atom. The van der Waals surface area contributed by atoms with Crippen LogP contribution in [-0.4, -0.2) is 37.4 Å². The number of carbonyl (C=O) groups excluding carboxylic acids is 1. The third kappa shape index (κ3) is 6.70. The molecule has 0 spiro atoms. The fourth-order valence-electron chi connectivity index (χ4n) is 4.65. The van der Waals surface area contributed by atoms with Crippen LogP contribution in [-0.2, 0) is 21.5 Å². The Labute approximate surface area is 235 Å². The van der Waals surface area contributed by atoms with Gasteiger partial charge in [0.15, 0.2) is 0 Å². The maximum atomic E-state index is 13.2. The van der Waals surface area contributed by atoms with E-state index in [0.717, 1.165) is 17.7 Å². The van der Waals surface area contributed by atoms with Crippen LogP contribution in [0, 0.1) is 11.3 Å². The quantitative estimate of drug-likeness (QED) is 0.0921. The molecule has 3 aromatic rings. The third-order valence-corrected chi connectivity index (χ3v) is 7.60. The first-order valence-electron chi connectivity index (χ1n) is 12.7. The second kappa shape index (κ2) is 11.9. The minimum absolute atomic E-state index is 0.00122. The molecule has 0 radical (unpaired) electrons. The van der Waals surface area contributed by atoms with Crippen molar-refractivity contribution in [2.24, 2.45) is 5.92 Å². The van der Waals surface area contributed by atoms with Crippen molar-refractivity contribution in [3.8, 4) is 16.9 Å². The highest BCUT2D eigenvalue weighted by atomic mass is 32.2. The van der Waals surface area contributed by atoms with E-state index < -0.39 is 46.1 Å². The lowest BCUT2D eigenvalue weighted by atomic mass is 9.86. The van der Waals surface area contributed by atoms with Gasteiger partial charge in [0.05, 0.1) is 0 Å². The number of cyclic esters (lactones) is 1. The first kappa shape index (κ1) is 30.0. The molecule has 1 aliphatic rings. The molecule has 4 rings (SSSR count). The summed E-state index contributed by atoms with van der Waals surface area (Å²) in [5, 5.41) is 9.11. The van der Waals surface area contributed by atoms with E-state index in [-0.39, 0.29) is 29.5 Å². The van der Waals surface area contributed by atoms with Crippen LogP contribution in [0.5, 0.6) is 5.75 Å². The summed E-state index contributed by atoms with van der Waals surface area (Å²) >= 11 is 0. The average Bonchev–Trinajstić information content (AvgIpc) is 3.32. The van der Waals surface area contributed by atoms with Crippen LogP contribution in [0.15, 0.2) is 72.8 Å². The van der Waals surface area contributed by atoms with Crippen LogP contribution in [0.2, 0.25) is 0 Å². The van der Waals surface area contributed by atoms with Crippen molar-refractivity contribution >= 4 is 22.0 Å². The predicted octanol–water partition coefficient (Wildman–Crippen LogP) is 7.35. The summed E-state index contributed by atoms with van der Waals surface area (Å²) in [6.45, 7) is 3.03. The van der Waals surface area contributed by atoms with Crippen molar-refractivity contribution in [2.45, 2.75) is 44.4 Å². The number of amidine groups is 1. The fourth-order valence-corrected chi connectivity index (χ4v) is 5.10. The normalized spacial score (nSPS) is 16.5. The molecular weight excluding hydrogens is 564 g/mol. The molecule has 41 heavy (non-hydrogen) atoms. The standard InChI is InChI=1S/C29H28F4N2O5S/c1-18(2)12-25(27(34)35-26(17-39-28(35)36)21-6-4-3-5-7-21)23-13-22(20-10-8-19(16-30)9-11-20)14-24(15-23)40-41(37,38)29(31,32)33/h3-11,13-15,18,25-26,34H,12,16-17H2,1-2H3/t25-,26?/m1/s1. The summed E-state index contributed by atoms with van der Waals surface area (Å²) in [6.07, 6.45) is -0.452. The number of benzene rings is 3. The van der Waals surface area contributed by atoms with Crippen LogP contribution in [0.3, 0.4) is 0 Å². The Kier molecular flexibility index (Phi) is 8.71. The summed E-state index contributed by atoms with van der Waals surface area (Å²) in [5.74, 6) is -1.67. The van der Waals surface area contributed by atoms with E-state index in [0.29, 0.717) is 17.5 Å². The second-order valence-electron chi connectivity index (χ2n) is 10.0. The van der Waals surface area contributed by atoms with Gasteiger partial charge in [-0.2, -0.15) is 21.6 Å². The van der Waals surface area contributed by atoms with E-state index in [2.05, 4.69) is 4.18 Å². The summed E-state index contributed by atoms with van der Waals surface area (Å²) in [5.41, 5.74) is -3.57. The summed E-state index contributed by atoms with van der Waals surface area (Å²) < 4.78 is 86.2. The van der Waals surface area contributed by atoms with E-state index in [1.807, 2.05) is 13.8 Å². The molecule has 0 aromatic heterocycles. The molecule has 1 saturated heterocycles. The Morgan fingerprint density at radius 2 is 1.71 bits per heavy atom. The number of nitrogens with zero attached hydrogens (tertiary/aromatic N) is 1. The van der Waals surface area contributed by atoms with Gasteiger partial charge in [-0.15, -0.1) is 0 Å². The van der Waals surface area contributed by atoms with Gasteiger partial charge in [0.25, 0.3) is 0 Å². The van der Waals surface area contributed by atoms with Gasteiger partial charge in [-0.05, 0) is 52.3 Å². The van der Waals surface area contributed by atoms with E-state index in [9.17, 15) is 30.8 Å². The van der Waals surface area contributed by atoms with Crippen molar-refractivity contribution in [3.05, 3.63) is 89.5 Å². The van der Waals surface area contributed by atoms with Gasteiger partial charge in [0.1, 0.15) is 30.9 Å². The molecule has 1 aliphatic heterocycles. The summed E-state index contributed by atoms with van der Waals surface area (Å²) in [7, 11) is -6.00. The lowest BCUT2D eigenvalue weighted by Crippen LogP contribution is -2.37. The largest absolute Gasteiger partial charge is 0.534 e. The third-order valence-electron chi connectivity index (χ3n) is 6.62. The number of hydrogen-bond donors (Lipinski definition) is 1. The van der Waals surface area contributed by atoms with E-state index in [1.165, 1.54) is 17.0 Å². The van der Waals surface area contributed by atoms with Gasteiger partial charge in [0.2, 0.25) is 0 Å². The SMILES string of the molecule is CC(C)C[C@@H](C(=N)N1C(=O)OCC1c1ccccc1)c1cc(OS(=O)(=O)C(F)(F)F)cc(-c2ccc(CF)cc2)c1. The molecule has 0 aliphatic carbocycles. The Morgan fingerprint density at radius 3 is 2.29 bits per heavy atom. The highest BCUT2D eigenvalue weighted by molar-refractivity contribution is 7.88. The summed E-state index contributed by atoms with van der Waals surface area (Å²) in [4.78, 5) is 14.0. The smallest absolute Gasteiger partial charge is 0.447 e. The molecule has 1 heterocycles. The molecule has 3 aromatic carbocycles. The summed E-state index contributed by atoms with van der Waals surface area (Å²) in [6, 6.07) is 18.3. The van der Waals surface area contributed by atoms with Crippen LogP contribution in [0.1, 0.15) is 48.9 Å². The lowest BCUT2D eigenvalue weighted by molar-refractivity contribution is -0.0500. The van der Waals surface area contributed by atoms with Crippen molar-refractivity contribution in [1.82, 2.24) is 4.90 Å². The Balaban J connectivity index is 1.83. The molecule has 12 heteroatoms. The molecule has 1 fully saturated rings. The first-order chi connectivity index (χ1) is 19.3. The highest BCUT2D eigenvalue weighted by Crippen LogP contribution is 2.38. The maximum Gasteiger partial charge on any atom is 0.534 e. The van der Waals surface area contributed by atoms with Gasteiger partial charge in [-0.1, -0.05) is 74.5 Å². The number of amides is 1. The average molecular weight is 593 g/mol. The van der Waals surface area contributed by atoms with Crippen molar-refractivity contribution in [1.29, 1.82) is 5.41 Å². The molecular formula is C29H28F4N2O5S. The molecule has 0 saturated carbocycles. The van der Waals surface area contributed by atoms with E-state index in [4.69, 9.17) is 10.1 Å². The van der Waals surface area contributed by atoms with Crippen molar-refractivity contribution < 1.29 is 39.7 Å². The molecule has 1 N–H and O–H groups in total. The lowest BCUT2D eigenvalue weighted by Gasteiger charge is -2.29. The molecule has 2 atom stereocenters. The minimum atomic E-state index is -6.00. The number of rotatable bonds is 9. The predicted molar refractivity (Wildman–Crippen MR) is 145 cm³/mol. The molecule has 1 unspecified atom stereocenters. The Hall–Kier alpha value is -3.93. The van der Waals surface area contributed by atoms with Gasteiger partial charge in [-0.25, -0.2) is 9.18 Å². The second-order valence-corrected chi connectivity index (χ2v) is 11.6.